The van der Waals surface area contributed by atoms with E-state index in [0.29, 0.717) is 33.9 Å². The van der Waals surface area contributed by atoms with Crippen LogP contribution < -0.4 is 10.6 Å². The van der Waals surface area contributed by atoms with Crippen LogP contribution >= 0.6 is 0 Å². The number of aromatic nitrogens is 3. The van der Waals surface area contributed by atoms with E-state index in [9.17, 15) is 14.9 Å². The summed E-state index contributed by atoms with van der Waals surface area (Å²) >= 11 is 0. The van der Waals surface area contributed by atoms with Crippen LogP contribution in [0, 0.1) is 17.0 Å². The lowest BCUT2D eigenvalue weighted by Gasteiger charge is -2.10. The van der Waals surface area contributed by atoms with E-state index in [1.54, 1.807) is 19.2 Å². The number of rotatable bonds is 5. The summed E-state index contributed by atoms with van der Waals surface area (Å²) in [5.41, 5.74) is 3.14. The van der Waals surface area contributed by atoms with Crippen LogP contribution in [-0.4, -0.2) is 25.8 Å². The number of hydrogen-bond donors (Lipinski definition) is 2. The molecule has 0 fully saturated rings. The van der Waals surface area contributed by atoms with Gasteiger partial charge in [-0.2, -0.15) is 0 Å². The molecule has 2 aromatic carbocycles. The molecule has 2 aromatic heterocycles. The normalized spacial score (nSPS) is 10.6. The highest BCUT2D eigenvalue weighted by Gasteiger charge is 2.13. The minimum atomic E-state index is -0.515. The number of non-ortho nitro benzene ring substituents is 1. The van der Waals surface area contributed by atoms with Crippen molar-refractivity contribution in [2.45, 2.75) is 6.92 Å². The summed E-state index contributed by atoms with van der Waals surface area (Å²) in [7, 11) is 0. The molecule has 9 heteroatoms. The number of carbonyl (C=O) groups excluding carboxylic acids is 1. The van der Waals surface area contributed by atoms with Crippen molar-refractivity contribution in [2.75, 3.05) is 10.6 Å². The van der Waals surface area contributed by atoms with Gasteiger partial charge in [0.25, 0.3) is 11.6 Å². The maximum atomic E-state index is 12.5. The standard InChI is InChI=1S/C21H16N6O3/c1-13-17(25-21(28)14-7-9-16(10-8-14)27(29)30)11-18-20(23-13)26-19(12-22-18)24-15-5-3-2-4-6-15/h2-12H,1H3,(H,25,28)(H,23,24,26). The number of pyridine rings is 1. The van der Waals surface area contributed by atoms with Crippen molar-refractivity contribution >= 4 is 40.0 Å². The predicted octanol–water partition coefficient (Wildman–Crippen LogP) is 4.24. The van der Waals surface area contributed by atoms with E-state index >= 15 is 0 Å². The van der Waals surface area contributed by atoms with Crippen LogP contribution in [0.5, 0.6) is 0 Å². The van der Waals surface area contributed by atoms with E-state index in [-0.39, 0.29) is 5.69 Å². The van der Waals surface area contributed by atoms with Crippen molar-refractivity contribution in [2.24, 2.45) is 0 Å². The number of aryl methyl sites for hydroxylation is 1. The summed E-state index contributed by atoms with van der Waals surface area (Å²) in [5.74, 6) is 0.160. The van der Waals surface area contributed by atoms with Gasteiger partial charge in [0.2, 0.25) is 0 Å². The van der Waals surface area contributed by atoms with Crippen molar-refractivity contribution in [1.82, 2.24) is 15.0 Å². The van der Waals surface area contributed by atoms with Crippen LogP contribution in [0.15, 0.2) is 66.9 Å². The maximum absolute atomic E-state index is 12.5. The van der Waals surface area contributed by atoms with Gasteiger partial charge in [-0.05, 0) is 37.3 Å². The second-order valence-electron chi connectivity index (χ2n) is 6.47. The second kappa shape index (κ2) is 7.92. The summed E-state index contributed by atoms with van der Waals surface area (Å²) in [6, 6.07) is 16.7. The summed E-state index contributed by atoms with van der Waals surface area (Å²) in [6.45, 7) is 1.75. The number of nitrogens with one attached hydrogen (secondary N) is 2. The molecule has 4 aromatic rings. The Bertz CT molecular complexity index is 1240. The van der Waals surface area contributed by atoms with E-state index in [4.69, 9.17) is 0 Å². The third-order valence-electron chi connectivity index (χ3n) is 4.36. The number of fused-ring (bicyclic) bond motifs is 1. The molecule has 2 N–H and O–H groups in total. The number of carbonyl (C=O) groups is 1. The maximum Gasteiger partial charge on any atom is 0.269 e. The first-order valence-electron chi connectivity index (χ1n) is 9.02. The van der Waals surface area contributed by atoms with Crippen molar-refractivity contribution < 1.29 is 9.72 Å². The van der Waals surface area contributed by atoms with Crippen molar-refractivity contribution in [3.63, 3.8) is 0 Å². The highest BCUT2D eigenvalue weighted by molar-refractivity contribution is 6.05. The number of amides is 1. The van der Waals surface area contributed by atoms with Crippen LogP contribution in [0.4, 0.5) is 22.9 Å². The Hall–Kier alpha value is -4.40. The van der Waals surface area contributed by atoms with Gasteiger partial charge in [-0.15, -0.1) is 0 Å². The highest BCUT2D eigenvalue weighted by atomic mass is 16.6. The first kappa shape index (κ1) is 18.9. The molecule has 0 bridgehead atoms. The summed E-state index contributed by atoms with van der Waals surface area (Å²) < 4.78 is 0. The first-order valence-corrected chi connectivity index (χ1v) is 9.02. The van der Waals surface area contributed by atoms with Gasteiger partial charge in [-0.3, -0.25) is 14.9 Å². The van der Waals surface area contributed by atoms with E-state index in [0.717, 1.165) is 5.69 Å². The molecule has 148 valence electrons. The zero-order chi connectivity index (χ0) is 21.1. The molecule has 1 amide bonds. The van der Waals surface area contributed by atoms with Crippen molar-refractivity contribution in [3.8, 4) is 0 Å². The van der Waals surface area contributed by atoms with Gasteiger partial charge in [0.15, 0.2) is 11.5 Å². The van der Waals surface area contributed by atoms with Gasteiger partial charge >= 0.3 is 0 Å². The quantitative estimate of drug-likeness (QED) is 0.379. The fourth-order valence-electron chi connectivity index (χ4n) is 2.82. The lowest BCUT2D eigenvalue weighted by atomic mass is 10.2. The Kier molecular flexibility index (Phi) is 5.00. The van der Waals surface area contributed by atoms with Gasteiger partial charge in [-0.25, -0.2) is 15.0 Å². The molecule has 0 aliphatic rings. The lowest BCUT2D eigenvalue weighted by Crippen LogP contribution is -2.13. The van der Waals surface area contributed by atoms with Crippen LogP contribution in [0.2, 0.25) is 0 Å². The zero-order valence-electron chi connectivity index (χ0n) is 15.9. The number of para-hydroxylation sites is 1. The monoisotopic (exact) mass is 400 g/mol. The van der Waals surface area contributed by atoms with Gasteiger partial charge in [0.05, 0.1) is 22.5 Å². The van der Waals surface area contributed by atoms with Crippen LogP contribution in [0.25, 0.3) is 11.2 Å². The minimum absolute atomic E-state index is 0.0784. The molecule has 0 atom stereocenters. The Morgan fingerprint density at radius 1 is 1.03 bits per heavy atom. The third kappa shape index (κ3) is 4.04. The van der Waals surface area contributed by atoms with Crippen LogP contribution in [-0.2, 0) is 0 Å². The van der Waals surface area contributed by atoms with E-state index in [1.807, 2.05) is 30.3 Å². The zero-order valence-corrected chi connectivity index (χ0v) is 15.9. The predicted molar refractivity (Wildman–Crippen MR) is 113 cm³/mol. The van der Waals surface area contributed by atoms with E-state index in [1.165, 1.54) is 24.3 Å². The minimum Gasteiger partial charge on any atom is -0.339 e. The lowest BCUT2D eigenvalue weighted by molar-refractivity contribution is -0.384. The molecule has 0 aliphatic carbocycles. The Morgan fingerprint density at radius 2 is 1.77 bits per heavy atom. The average molecular weight is 400 g/mol. The SMILES string of the molecule is Cc1nc2nc(Nc3ccccc3)cnc2cc1NC(=O)c1ccc([N+](=O)[O-])cc1. The van der Waals surface area contributed by atoms with Gasteiger partial charge < -0.3 is 10.6 Å². The number of anilines is 3. The first-order chi connectivity index (χ1) is 14.5. The Balaban J connectivity index is 1.56. The van der Waals surface area contributed by atoms with Gasteiger partial charge in [-0.1, -0.05) is 18.2 Å². The molecule has 4 rings (SSSR count). The Morgan fingerprint density at radius 3 is 2.47 bits per heavy atom. The number of nitro groups is 1. The van der Waals surface area contributed by atoms with Crippen molar-refractivity contribution in [3.05, 3.63) is 88.2 Å². The molecule has 2 heterocycles. The van der Waals surface area contributed by atoms with Crippen LogP contribution in [0.1, 0.15) is 16.1 Å². The van der Waals surface area contributed by atoms with Crippen LogP contribution in [0.3, 0.4) is 0 Å². The Labute approximate surface area is 171 Å². The van der Waals surface area contributed by atoms with E-state index < -0.39 is 10.8 Å². The molecule has 0 radical (unpaired) electrons. The molecule has 0 unspecified atom stereocenters. The van der Waals surface area contributed by atoms with Gasteiger partial charge in [0.1, 0.15) is 5.52 Å². The summed E-state index contributed by atoms with van der Waals surface area (Å²) in [6.07, 6.45) is 1.59. The third-order valence-corrected chi connectivity index (χ3v) is 4.36. The molecule has 0 aliphatic heterocycles. The molecule has 30 heavy (non-hydrogen) atoms. The summed E-state index contributed by atoms with van der Waals surface area (Å²) in [5, 5.41) is 16.7. The van der Waals surface area contributed by atoms with Crippen molar-refractivity contribution in [1.29, 1.82) is 0 Å². The molecule has 0 spiro atoms. The molecular weight excluding hydrogens is 384 g/mol. The topological polar surface area (TPSA) is 123 Å². The number of nitro benzene ring substituents is 1. The highest BCUT2D eigenvalue weighted by Crippen LogP contribution is 2.22. The number of nitrogens with zero attached hydrogens (tertiary/aromatic N) is 4. The largest absolute Gasteiger partial charge is 0.339 e. The number of hydrogen-bond acceptors (Lipinski definition) is 7. The fourth-order valence-corrected chi connectivity index (χ4v) is 2.82. The van der Waals surface area contributed by atoms with Gasteiger partial charge in [0, 0.05) is 23.4 Å². The molecular formula is C21H16N6O3. The molecule has 0 saturated carbocycles. The second-order valence-corrected chi connectivity index (χ2v) is 6.47. The fraction of sp³-hybridized carbons (Fsp3) is 0.0476. The molecule has 9 nitrogen and oxygen atoms in total. The average Bonchev–Trinajstić information content (AvgIpc) is 2.75. The van der Waals surface area contributed by atoms with E-state index in [2.05, 4.69) is 25.6 Å². The smallest absolute Gasteiger partial charge is 0.269 e. The summed E-state index contributed by atoms with van der Waals surface area (Å²) in [4.78, 5) is 36.0. The number of benzene rings is 2. The molecule has 0 saturated heterocycles.